The molecule has 1 N–H and O–H groups in total. The molecular formula is C18H28O4Si. The van der Waals surface area contributed by atoms with Crippen LogP contribution in [0.3, 0.4) is 0 Å². The SMILES string of the molecule is CCC(O[Si](C)(C)C(C)(C)C)[C@H]1O[C@@H]1c1cccc(C(=O)O)c1. The van der Waals surface area contributed by atoms with Crippen LogP contribution in [0.25, 0.3) is 0 Å². The summed E-state index contributed by atoms with van der Waals surface area (Å²) >= 11 is 0. The molecule has 1 saturated heterocycles. The van der Waals surface area contributed by atoms with Crippen molar-refractivity contribution in [3.8, 4) is 0 Å². The number of ether oxygens (including phenoxy) is 1. The largest absolute Gasteiger partial charge is 0.478 e. The van der Waals surface area contributed by atoms with Gasteiger partial charge in [0.1, 0.15) is 12.2 Å². The summed E-state index contributed by atoms with van der Waals surface area (Å²) in [4.78, 5) is 11.1. The van der Waals surface area contributed by atoms with Crippen LogP contribution in [0.2, 0.25) is 18.1 Å². The summed E-state index contributed by atoms with van der Waals surface area (Å²) in [5.41, 5.74) is 1.22. The first-order chi connectivity index (χ1) is 10.6. The van der Waals surface area contributed by atoms with E-state index in [4.69, 9.17) is 14.3 Å². The van der Waals surface area contributed by atoms with Gasteiger partial charge in [-0.2, -0.15) is 0 Å². The van der Waals surface area contributed by atoms with Crippen LogP contribution >= 0.6 is 0 Å². The standard InChI is InChI=1S/C18H28O4Si/c1-7-14(22-23(5,6)18(2,3)4)16-15(21-16)12-9-8-10-13(11-12)17(19)20/h8-11,14-16H,7H2,1-6H3,(H,19,20)/t14?,15-,16-/m1/s1. The molecule has 0 aliphatic carbocycles. The highest BCUT2D eigenvalue weighted by molar-refractivity contribution is 6.74. The Balaban J connectivity index is 2.09. The lowest BCUT2D eigenvalue weighted by Crippen LogP contribution is -2.45. The fourth-order valence-corrected chi connectivity index (χ4v) is 3.87. The van der Waals surface area contributed by atoms with Crippen molar-refractivity contribution < 1.29 is 19.1 Å². The van der Waals surface area contributed by atoms with Crippen LogP contribution in [-0.4, -0.2) is 31.6 Å². The highest BCUT2D eigenvalue weighted by Crippen LogP contribution is 2.46. The summed E-state index contributed by atoms with van der Waals surface area (Å²) in [6, 6.07) is 7.00. The van der Waals surface area contributed by atoms with Crippen molar-refractivity contribution in [3.63, 3.8) is 0 Å². The first-order valence-electron chi connectivity index (χ1n) is 8.23. The molecule has 2 rings (SSSR count). The quantitative estimate of drug-likeness (QED) is 0.608. The smallest absolute Gasteiger partial charge is 0.335 e. The summed E-state index contributed by atoms with van der Waals surface area (Å²) in [5, 5.41) is 9.28. The molecule has 1 unspecified atom stereocenters. The third-order valence-corrected chi connectivity index (χ3v) is 9.51. The van der Waals surface area contributed by atoms with E-state index < -0.39 is 14.3 Å². The number of carbonyl (C=O) groups is 1. The zero-order valence-electron chi connectivity index (χ0n) is 14.9. The van der Waals surface area contributed by atoms with E-state index in [1.165, 1.54) is 0 Å². The summed E-state index contributed by atoms with van der Waals surface area (Å²) < 4.78 is 12.4. The Morgan fingerprint density at radius 3 is 2.57 bits per heavy atom. The predicted octanol–water partition coefficient (Wildman–Crippen LogP) is 4.63. The molecule has 1 aliphatic rings. The Hall–Kier alpha value is -1.17. The van der Waals surface area contributed by atoms with Gasteiger partial charge in [0.15, 0.2) is 8.32 Å². The second-order valence-electron chi connectivity index (χ2n) is 7.78. The van der Waals surface area contributed by atoms with Gasteiger partial charge < -0.3 is 14.3 Å². The molecule has 4 nitrogen and oxygen atoms in total. The van der Waals surface area contributed by atoms with E-state index in [2.05, 4.69) is 40.8 Å². The monoisotopic (exact) mass is 336 g/mol. The molecule has 1 heterocycles. The minimum absolute atomic E-state index is 0.0261. The average Bonchev–Trinajstić information content (AvgIpc) is 3.24. The number of benzene rings is 1. The molecule has 23 heavy (non-hydrogen) atoms. The van der Waals surface area contributed by atoms with Gasteiger partial charge in [-0.05, 0) is 42.2 Å². The molecule has 0 saturated carbocycles. The van der Waals surface area contributed by atoms with E-state index in [1.54, 1.807) is 18.2 Å². The van der Waals surface area contributed by atoms with E-state index in [0.717, 1.165) is 12.0 Å². The number of carboxylic acids is 1. The molecule has 0 bridgehead atoms. The molecule has 128 valence electrons. The van der Waals surface area contributed by atoms with E-state index in [-0.39, 0.29) is 23.4 Å². The topological polar surface area (TPSA) is 59.1 Å². The number of rotatable bonds is 6. The summed E-state index contributed by atoms with van der Waals surface area (Å²) in [5.74, 6) is -0.909. The normalized spacial score (nSPS) is 22.7. The predicted molar refractivity (Wildman–Crippen MR) is 93.4 cm³/mol. The van der Waals surface area contributed by atoms with Gasteiger partial charge in [-0.15, -0.1) is 0 Å². The summed E-state index contributed by atoms with van der Waals surface area (Å²) in [7, 11) is -1.85. The summed E-state index contributed by atoms with van der Waals surface area (Å²) in [6.07, 6.45) is 0.934. The maximum absolute atomic E-state index is 11.1. The first kappa shape index (κ1) is 18.2. The van der Waals surface area contributed by atoms with Crippen LogP contribution in [0.5, 0.6) is 0 Å². The lowest BCUT2D eigenvalue weighted by Gasteiger charge is -2.38. The maximum atomic E-state index is 11.1. The molecule has 5 heteroatoms. The Morgan fingerprint density at radius 2 is 2.04 bits per heavy atom. The number of aromatic carboxylic acids is 1. The van der Waals surface area contributed by atoms with Crippen molar-refractivity contribution in [2.45, 2.75) is 70.6 Å². The minimum Gasteiger partial charge on any atom is -0.478 e. The van der Waals surface area contributed by atoms with Crippen molar-refractivity contribution in [2.75, 3.05) is 0 Å². The molecule has 0 amide bonds. The first-order valence-corrected chi connectivity index (χ1v) is 11.1. The van der Waals surface area contributed by atoms with E-state index in [1.807, 2.05) is 6.07 Å². The van der Waals surface area contributed by atoms with Gasteiger partial charge in [-0.1, -0.05) is 39.8 Å². The molecule has 1 aliphatic heterocycles. The fraction of sp³-hybridized carbons (Fsp3) is 0.611. The Bertz CT molecular complexity index is 577. The number of epoxide rings is 1. The van der Waals surface area contributed by atoms with Crippen LogP contribution in [0, 0.1) is 0 Å². The third-order valence-electron chi connectivity index (χ3n) is 5.01. The fourth-order valence-electron chi connectivity index (χ4n) is 2.46. The van der Waals surface area contributed by atoms with Crippen molar-refractivity contribution >= 4 is 14.3 Å². The van der Waals surface area contributed by atoms with Gasteiger partial charge in [0, 0.05) is 0 Å². The number of hydrogen-bond donors (Lipinski definition) is 1. The lowest BCUT2D eigenvalue weighted by molar-refractivity contribution is 0.0696. The number of carboxylic acid groups (broad SMARTS) is 1. The van der Waals surface area contributed by atoms with Crippen LogP contribution in [-0.2, 0) is 9.16 Å². The Morgan fingerprint density at radius 1 is 1.39 bits per heavy atom. The highest BCUT2D eigenvalue weighted by Gasteiger charge is 2.49. The average molecular weight is 337 g/mol. The lowest BCUT2D eigenvalue weighted by atomic mass is 10.0. The molecule has 1 aromatic carbocycles. The number of hydrogen-bond acceptors (Lipinski definition) is 3. The van der Waals surface area contributed by atoms with Crippen LogP contribution in [0.4, 0.5) is 0 Å². The maximum Gasteiger partial charge on any atom is 0.335 e. The molecule has 0 spiro atoms. The van der Waals surface area contributed by atoms with Crippen LogP contribution in [0.1, 0.15) is 56.1 Å². The second-order valence-corrected chi connectivity index (χ2v) is 12.5. The van der Waals surface area contributed by atoms with Crippen LogP contribution < -0.4 is 0 Å². The van der Waals surface area contributed by atoms with Crippen molar-refractivity contribution in [1.29, 1.82) is 0 Å². The summed E-state index contributed by atoms with van der Waals surface area (Å²) in [6.45, 7) is 13.3. The molecular weight excluding hydrogens is 308 g/mol. The molecule has 1 fully saturated rings. The molecule has 0 radical (unpaired) electrons. The van der Waals surface area contributed by atoms with Gasteiger partial charge in [0.25, 0.3) is 0 Å². The van der Waals surface area contributed by atoms with Gasteiger partial charge in [-0.25, -0.2) is 4.79 Å². The van der Waals surface area contributed by atoms with Gasteiger partial charge in [0.05, 0.1) is 11.7 Å². The van der Waals surface area contributed by atoms with E-state index in [9.17, 15) is 4.79 Å². The second kappa shape index (κ2) is 6.38. The molecule has 0 aromatic heterocycles. The highest BCUT2D eigenvalue weighted by atomic mass is 28.4. The van der Waals surface area contributed by atoms with E-state index >= 15 is 0 Å². The van der Waals surface area contributed by atoms with E-state index in [0.29, 0.717) is 5.56 Å². The zero-order chi connectivity index (χ0) is 17.4. The zero-order valence-corrected chi connectivity index (χ0v) is 15.9. The van der Waals surface area contributed by atoms with Gasteiger partial charge >= 0.3 is 5.97 Å². The minimum atomic E-state index is -1.85. The van der Waals surface area contributed by atoms with Gasteiger partial charge in [-0.3, -0.25) is 0 Å². The Kier molecular flexibility index (Phi) is 5.04. The van der Waals surface area contributed by atoms with Gasteiger partial charge in [0.2, 0.25) is 0 Å². The third kappa shape index (κ3) is 4.02. The van der Waals surface area contributed by atoms with Crippen molar-refractivity contribution in [2.24, 2.45) is 0 Å². The van der Waals surface area contributed by atoms with Crippen molar-refractivity contribution in [1.82, 2.24) is 0 Å². The molecule has 3 atom stereocenters. The molecule has 1 aromatic rings. The Labute approximate surface area is 139 Å². The van der Waals surface area contributed by atoms with Crippen LogP contribution in [0.15, 0.2) is 24.3 Å². The van der Waals surface area contributed by atoms with Crippen molar-refractivity contribution in [3.05, 3.63) is 35.4 Å².